The highest BCUT2D eigenvalue weighted by atomic mass is 16.5. The predicted molar refractivity (Wildman–Crippen MR) is 120 cm³/mol. The van der Waals surface area contributed by atoms with Gasteiger partial charge in [0.2, 0.25) is 0 Å². The van der Waals surface area contributed by atoms with Crippen LogP contribution in [0.2, 0.25) is 0 Å². The van der Waals surface area contributed by atoms with Crippen molar-refractivity contribution < 1.29 is 4.74 Å². The summed E-state index contributed by atoms with van der Waals surface area (Å²) in [6.45, 7) is 6.79. The molecule has 160 valence electrons. The molecule has 0 aromatic carbocycles. The molecule has 0 aromatic heterocycles. The van der Waals surface area contributed by atoms with E-state index in [0.717, 1.165) is 12.5 Å². The first-order valence-electron chi connectivity index (χ1n) is 12.2. The third-order valence-corrected chi connectivity index (χ3v) is 6.25. The van der Waals surface area contributed by atoms with E-state index in [9.17, 15) is 0 Å². The lowest BCUT2D eigenvalue weighted by atomic mass is 9.97. The minimum atomic E-state index is 0.694. The molecule has 0 N–H and O–H groups in total. The third-order valence-electron chi connectivity index (χ3n) is 6.25. The first kappa shape index (κ1) is 24.5. The van der Waals surface area contributed by atoms with Crippen LogP contribution in [0.5, 0.6) is 0 Å². The summed E-state index contributed by atoms with van der Waals surface area (Å²) in [4.78, 5) is 2.46. The highest BCUT2D eigenvalue weighted by Gasteiger charge is 2.09. The van der Waals surface area contributed by atoms with Gasteiger partial charge in [-0.25, -0.2) is 0 Å². The van der Waals surface area contributed by atoms with E-state index >= 15 is 0 Å². The van der Waals surface area contributed by atoms with E-state index in [1.807, 2.05) is 6.26 Å². The molecule has 0 radical (unpaired) electrons. The normalized spacial score (nSPS) is 17.0. The minimum absolute atomic E-state index is 0.694. The minimum Gasteiger partial charge on any atom is -0.501 e. The van der Waals surface area contributed by atoms with Gasteiger partial charge in [0, 0.05) is 6.04 Å². The van der Waals surface area contributed by atoms with Crippen LogP contribution >= 0.6 is 0 Å². The Morgan fingerprint density at radius 1 is 0.778 bits per heavy atom. The fraction of sp³-hybridized carbons (Fsp3) is 0.920. The van der Waals surface area contributed by atoms with Gasteiger partial charge in [0.1, 0.15) is 0 Å². The Morgan fingerprint density at radius 3 is 1.70 bits per heavy atom. The van der Waals surface area contributed by atoms with E-state index in [-0.39, 0.29) is 0 Å². The van der Waals surface area contributed by atoms with Gasteiger partial charge in [0.25, 0.3) is 0 Å². The molecule has 1 unspecified atom stereocenters. The average molecular weight is 380 g/mol. The molecule has 1 heterocycles. The summed E-state index contributed by atoms with van der Waals surface area (Å²) in [6.07, 6.45) is 26.8. The molecule has 0 bridgehead atoms. The van der Waals surface area contributed by atoms with Gasteiger partial charge in [-0.05, 0) is 58.7 Å². The van der Waals surface area contributed by atoms with Crippen molar-refractivity contribution in [2.75, 3.05) is 20.2 Å². The number of hydrogen-bond acceptors (Lipinski definition) is 2. The van der Waals surface area contributed by atoms with E-state index in [1.165, 1.54) is 109 Å². The van der Waals surface area contributed by atoms with Crippen LogP contribution in [0.25, 0.3) is 0 Å². The van der Waals surface area contributed by atoms with Crippen LogP contribution in [0.15, 0.2) is 12.3 Å². The quantitative estimate of drug-likeness (QED) is 0.226. The van der Waals surface area contributed by atoms with Crippen LogP contribution in [-0.4, -0.2) is 31.1 Å². The molecule has 0 aliphatic carbocycles. The maximum absolute atomic E-state index is 5.39. The van der Waals surface area contributed by atoms with Crippen molar-refractivity contribution in [2.45, 2.75) is 123 Å². The summed E-state index contributed by atoms with van der Waals surface area (Å²) in [6, 6.07) is 0.694. The number of rotatable bonds is 18. The topological polar surface area (TPSA) is 12.5 Å². The van der Waals surface area contributed by atoms with Crippen LogP contribution in [0.1, 0.15) is 117 Å². The van der Waals surface area contributed by atoms with Gasteiger partial charge in [-0.2, -0.15) is 0 Å². The van der Waals surface area contributed by atoms with Gasteiger partial charge in [-0.1, -0.05) is 83.5 Å². The van der Waals surface area contributed by atoms with Crippen LogP contribution < -0.4 is 0 Å². The summed E-state index contributed by atoms with van der Waals surface area (Å²) in [5.74, 6) is 0.788. The molecule has 0 saturated carbocycles. The van der Waals surface area contributed by atoms with E-state index in [0.29, 0.717) is 6.04 Å². The second-order valence-electron chi connectivity index (χ2n) is 9.12. The summed E-state index contributed by atoms with van der Waals surface area (Å²) in [5.41, 5.74) is 0. The first-order valence-corrected chi connectivity index (χ1v) is 12.2. The van der Waals surface area contributed by atoms with Crippen LogP contribution in [0.4, 0.5) is 0 Å². The van der Waals surface area contributed by atoms with E-state index in [1.54, 1.807) is 0 Å². The SMILES string of the molecule is CC(C)N(C)CCCCCCCCCCCCCCCCC1CC=COC1. The highest BCUT2D eigenvalue weighted by molar-refractivity contribution is 4.82. The van der Waals surface area contributed by atoms with Gasteiger partial charge < -0.3 is 9.64 Å². The van der Waals surface area contributed by atoms with Crippen LogP contribution in [0.3, 0.4) is 0 Å². The second-order valence-corrected chi connectivity index (χ2v) is 9.12. The Morgan fingerprint density at radius 2 is 1.26 bits per heavy atom. The zero-order chi connectivity index (χ0) is 19.6. The summed E-state index contributed by atoms with van der Waals surface area (Å²) in [5, 5.41) is 0. The molecule has 2 nitrogen and oxygen atoms in total. The number of allylic oxidation sites excluding steroid dienone is 1. The number of nitrogens with zero attached hydrogens (tertiary/aromatic N) is 1. The zero-order valence-corrected chi connectivity index (χ0v) is 18.9. The van der Waals surface area contributed by atoms with Crippen molar-refractivity contribution in [3.63, 3.8) is 0 Å². The lowest BCUT2D eigenvalue weighted by Gasteiger charge is -2.20. The standard InChI is InChI=1S/C25H49NO/c1-24(2)26(3)21-17-15-13-11-9-7-5-4-6-8-10-12-14-16-19-25-20-18-22-27-23-25/h18,22,24-25H,4-17,19-21,23H2,1-3H3. The summed E-state index contributed by atoms with van der Waals surface area (Å²) < 4.78 is 5.39. The van der Waals surface area contributed by atoms with Gasteiger partial charge in [0.05, 0.1) is 12.9 Å². The zero-order valence-electron chi connectivity index (χ0n) is 18.9. The molecule has 0 spiro atoms. The molecule has 0 amide bonds. The van der Waals surface area contributed by atoms with Gasteiger partial charge in [0.15, 0.2) is 0 Å². The Hall–Kier alpha value is -0.500. The second kappa shape index (κ2) is 17.6. The lowest BCUT2D eigenvalue weighted by molar-refractivity contribution is 0.169. The third kappa shape index (κ3) is 15.1. The van der Waals surface area contributed by atoms with Crippen molar-refractivity contribution >= 4 is 0 Å². The van der Waals surface area contributed by atoms with Crippen molar-refractivity contribution in [2.24, 2.45) is 5.92 Å². The summed E-state index contributed by atoms with van der Waals surface area (Å²) >= 11 is 0. The molecule has 2 heteroatoms. The number of hydrogen-bond donors (Lipinski definition) is 0. The first-order chi connectivity index (χ1) is 13.2. The fourth-order valence-corrected chi connectivity index (χ4v) is 3.95. The van der Waals surface area contributed by atoms with E-state index in [4.69, 9.17) is 4.74 Å². The van der Waals surface area contributed by atoms with Gasteiger partial charge in [-0.15, -0.1) is 0 Å². The van der Waals surface area contributed by atoms with E-state index < -0.39 is 0 Å². The fourth-order valence-electron chi connectivity index (χ4n) is 3.95. The van der Waals surface area contributed by atoms with Crippen LogP contribution in [-0.2, 0) is 4.74 Å². The molecule has 0 saturated heterocycles. The van der Waals surface area contributed by atoms with Crippen molar-refractivity contribution in [1.82, 2.24) is 4.90 Å². The largest absolute Gasteiger partial charge is 0.501 e. The molecule has 1 rings (SSSR count). The monoisotopic (exact) mass is 379 g/mol. The number of unbranched alkanes of at least 4 members (excludes halogenated alkanes) is 13. The lowest BCUT2D eigenvalue weighted by Crippen LogP contribution is -2.27. The molecular formula is C25H49NO. The van der Waals surface area contributed by atoms with E-state index in [2.05, 4.69) is 31.9 Å². The van der Waals surface area contributed by atoms with Crippen LogP contribution in [0, 0.1) is 5.92 Å². The molecule has 1 aliphatic rings. The average Bonchev–Trinajstić information content (AvgIpc) is 2.68. The summed E-state index contributed by atoms with van der Waals surface area (Å²) in [7, 11) is 2.25. The molecule has 1 atom stereocenters. The smallest absolute Gasteiger partial charge is 0.0904 e. The maximum Gasteiger partial charge on any atom is 0.0904 e. The predicted octanol–water partition coefficient (Wildman–Crippen LogP) is 7.73. The molecular weight excluding hydrogens is 330 g/mol. The van der Waals surface area contributed by atoms with Crippen molar-refractivity contribution in [3.8, 4) is 0 Å². The Balaban J connectivity index is 1.69. The molecule has 0 aromatic rings. The molecule has 1 aliphatic heterocycles. The Labute approximate surface area is 171 Å². The van der Waals surface area contributed by atoms with Gasteiger partial charge in [-0.3, -0.25) is 0 Å². The highest BCUT2D eigenvalue weighted by Crippen LogP contribution is 2.19. The van der Waals surface area contributed by atoms with Crippen molar-refractivity contribution in [1.29, 1.82) is 0 Å². The maximum atomic E-state index is 5.39. The van der Waals surface area contributed by atoms with Gasteiger partial charge >= 0.3 is 0 Å². The number of ether oxygens (including phenoxy) is 1. The van der Waals surface area contributed by atoms with Crippen molar-refractivity contribution in [3.05, 3.63) is 12.3 Å². The Bertz CT molecular complexity index is 339. The Kier molecular flexibility index (Phi) is 16.0. The molecule has 0 fully saturated rings. The molecule has 27 heavy (non-hydrogen) atoms.